The van der Waals surface area contributed by atoms with E-state index in [0.29, 0.717) is 5.92 Å². The van der Waals surface area contributed by atoms with Crippen molar-refractivity contribution < 1.29 is 4.79 Å². The molecule has 2 aliphatic carbocycles. The molecule has 1 aromatic rings. The van der Waals surface area contributed by atoms with Crippen molar-refractivity contribution in [1.29, 1.82) is 0 Å². The van der Waals surface area contributed by atoms with Crippen LogP contribution in [-0.4, -0.2) is 26.7 Å². The van der Waals surface area contributed by atoms with E-state index in [4.69, 9.17) is 0 Å². The van der Waals surface area contributed by atoms with Crippen molar-refractivity contribution >= 4 is 5.91 Å². The third-order valence-electron chi connectivity index (χ3n) is 6.06. The summed E-state index contributed by atoms with van der Waals surface area (Å²) in [6, 6.07) is 0.287. The second kappa shape index (κ2) is 5.91. The molecular formula is C18H28N4O. The van der Waals surface area contributed by atoms with Gasteiger partial charge in [-0.3, -0.25) is 4.79 Å². The predicted molar refractivity (Wildman–Crippen MR) is 88.1 cm³/mol. The van der Waals surface area contributed by atoms with E-state index in [1.54, 1.807) is 0 Å². The zero-order valence-electron chi connectivity index (χ0n) is 14.2. The van der Waals surface area contributed by atoms with Crippen LogP contribution < -0.4 is 5.32 Å². The molecule has 1 aromatic heterocycles. The maximum absolute atomic E-state index is 12.8. The highest BCUT2D eigenvalue weighted by Crippen LogP contribution is 2.40. The first-order valence-corrected chi connectivity index (χ1v) is 9.39. The monoisotopic (exact) mass is 316 g/mol. The van der Waals surface area contributed by atoms with Crippen LogP contribution in [-0.2, 0) is 17.8 Å². The van der Waals surface area contributed by atoms with E-state index in [1.165, 1.54) is 37.9 Å². The van der Waals surface area contributed by atoms with Gasteiger partial charge in [-0.2, -0.15) is 0 Å². The Bertz CT molecular complexity index is 584. The fourth-order valence-electron chi connectivity index (χ4n) is 4.22. The fourth-order valence-corrected chi connectivity index (χ4v) is 4.22. The average molecular weight is 316 g/mol. The third kappa shape index (κ3) is 3.02. The molecule has 0 spiro atoms. The zero-order chi connectivity index (χ0) is 15.9. The van der Waals surface area contributed by atoms with Gasteiger partial charge in [-0.15, -0.1) is 10.2 Å². The predicted octanol–water partition coefficient (Wildman–Crippen LogP) is 2.95. The summed E-state index contributed by atoms with van der Waals surface area (Å²) >= 11 is 0. The van der Waals surface area contributed by atoms with Crippen molar-refractivity contribution in [2.24, 2.45) is 5.41 Å². The average Bonchev–Trinajstić information content (AvgIpc) is 3.34. The number of aromatic nitrogens is 3. The van der Waals surface area contributed by atoms with Gasteiger partial charge in [0.15, 0.2) is 0 Å². The highest BCUT2D eigenvalue weighted by atomic mass is 16.2. The number of carbonyl (C=O) groups is 1. The minimum absolute atomic E-state index is 0.140. The molecule has 126 valence electrons. The molecule has 2 fully saturated rings. The smallest absolute Gasteiger partial charge is 0.226 e. The molecule has 1 atom stereocenters. The van der Waals surface area contributed by atoms with Crippen LogP contribution in [0.1, 0.15) is 82.3 Å². The quantitative estimate of drug-likeness (QED) is 0.932. The minimum atomic E-state index is -0.140. The van der Waals surface area contributed by atoms with Gasteiger partial charge >= 0.3 is 0 Å². The number of carbonyl (C=O) groups excluding carboxylic acids is 1. The molecule has 1 N–H and O–H groups in total. The largest absolute Gasteiger partial charge is 0.353 e. The van der Waals surface area contributed by atoms with Gasteiger partial charge in [-0.25, -0.2) is 0 Å². The molecule has 4 rings (SSSR count). The summed E-state index contributed by atoms with van der Waals surface area (Å²) in [5, 5.41) is 12.2. The standard InChI is InChI=1S/C18H28N4O/c1-18(10-3-2-4-11-18)17(23)19-14-7-8-15-20-21-16(13-5-6-13)22(15)12-9-14/h13-14H,2-12H2,1H3,(H,19,23). The second-order valence-electron chi connectivity index (χ2n) is 8.02. The maximum atomic E-state index is 12.8. The van der Waals surface area contributed by atoms with Crippen LogP contribution in [0.5, 0.6) is 0 Å². The van der Waals surface area contributed by atoms with Gasteiger partial charge in [0.1, 0.15) is 11.6 Å². The first-order valence-electron chi connectivity index (χ1n) is 9.39. The Labute approximate surface area is 138 Å². The van der Waals surface area contributed by atoms with Crippen LogP contribution >= 0.6 is 0 Å². The van der Waals surface area contributed by atoms with Gasteiger partial charge in [-0.05, 0) is 38.5 Å². The van der Waals surface area contributed by atoms with E-state index in [0.717, 1.165) is 44.5 Å². The first kappa shape index (κ1) is 15.2. The Morgan fingerprint density at radius 1 is 1.13 bits per heavy atom. The number of hydrogen-bond acceptors (Lipinski definition) is 3. The first-order chi connectivity index (χ1) is 11.2. The van der Waals surface area contributed by atoms with Crippen molar-refractivity contribution in [1.82, 2.24) is 20.1 Å². The van der Waals surface area contributed by atoms with Crippen molar-refractivity contribution in [2.45, 2.75) is 89.6 Å². The molecule has 3 aliphatic rings. The normalized spacial score (nSPS) is 27.1. The lowest BCUT2D eigenvalue weighted by atomic mass is 9.75. The van der Waals surface area contributed by atoms with Gasteiger partial charge in [0.25, 0.3) is 0 Å². The molecule has 2 heterocycles. The highest BCUT2D eigenvalue weighted by molar-refractivity contribution is 5.82. The molecule has 5 heteroatoms. The number of amides is 1. The Balaban J connectivity index is 1.39. The molecular weight excluding hydrogens is 288 g/mol. The van der Waals surface area contributed by atoms with Crippen molar-refractivity contribution in [2.75, 3.05) is 0 Å². The lowest BCUT2D eigenvalue weighted by molar-refractivity contribution is -0.132. The molecule has 0 radical (unpaired) electrons. The SMILES string of the molecule is CC1(C(=O)NC2CCc3nnc(C4CC4)n3CC2)CCCCC1. The molecule has 23 heavy (non-hydrogen) atoms. The summed E-state index contributed by atoms with van der Waals surface area (Å²) in [5.41, 5.74) is -0.140. The van der Waals surface area contributed by atoms with Crippen LogP contribution in [0, 0.1) is 5.41 Å². The van der Waals surface area contributed by atoms with Crippen molar-refractivity contribution in [3.05, 3.63) is 11.6 Å². The number of rotatable bonds is 3. The summed E-state index contributed by atoms with van der Waals surface area (Å²) in [5.74, 6) is 3.23. The van der Waals surface area contributed by atoms with Crippen LogP contribution in [0.3, 0.4) is 0 Å². The Kier molecular flexibility index (Phi) is 3.90. The number of aryl methyl sites for hydroxylation is 1. The topological polar surface area (TPSA) is 59.8 Å². The second-order valence-corrected chi connectivity index (χ2v) is 8.02. The summed E-state index contributed by atoms with van der Waals surface area (Å²) in [7, 11) is 0. The lowest BCUT2D eigenvalue weighted by Crippen LogP contribution is -2.45. The molecule has 2 saturated carbocycles. The molecule has 0 saturated heterocycles. The van der Waals surface area contributed by atoms with Crippen LogP contribution in [0.4, 0.5) is 0 Å². The highest BCUT2D eigenvalue weighted by Gasteiger charge is 2.36. The van der Waals surface area contributed by atoms with E-state index in [9.17, 15) is 4.79 Å². The number of hydrogen-bond donors (Lipinski definition) is 1. The maximum Gasteiger partial charge on any atom is 0.226 e. The van der Waals surface area contributed by atoms with Gasteiger partial charge in [0, 0.05) is 30.3 Å². The van der Waals surface area contributed by atoms with Crippen molar-refractivity contribution in [3.8, 4) is 0 Å². The molecule has 5 nitrogen and oxygen atoms in total. The van der Waals surface area contributed by atoms with E-state index in [2.05, 4.69) is 27.0 Å². The number of fused-ring (bicyclic) bond motifs is 1. The molecule has 1 amide bonds. The lowest BCUT2D eigenvalue weighted by Gasteiger charge is -2.33. The van der Waals surface area contributed by atoms with Crippen LogP contribution in [0.2, 0.25) is 0 Å². The Hall–Kier alpha value is -1.39. The molecule has 0 bridgehead atoms. The van der Waals surface area contributed by atoms with Crippen LogP contribution in [0.25, 0.3) is 0 Å². The summed E-state index contributed by atoms with van der Waals surface area (Å²) in [6.07, 6.45) is 11.2. The third-order valence-corrected chi connectivity index (χ3v) is 6.06. The van der Waals surface area contributed by atoms with Gasteiger partial charge < -0.3 is 9.88 Å². The minimum Gasteiger partial charge on any atom is -0.353 e. The Morgan fingerprint density at radius 3 is 2.65 bits per heavy atom. The molecule has 0 aromatic carbocycles. The Morgan fingerprint density at radius 2 is 1.91 bits per heavy atom. The van der Waals surface area contributed by atoms with Crippen LogP contribution in [0.15, 0.2) is 0 Å². The fraction of sp³-hybridized carbons (Fsp3) is 0.833. The molecule has 1 aliphatic heterocycles. The van der Waals surface area contributed by atoms with E-state index in [1.807, 2.05) is 0 Å². The summed E-state index contributed by atoms with van der Waals surface area (Å²) < 4.78 is 2.33. The number of nitrogens with one attached hydrogen (secondary N) is 1. The van der Waals surface area contributed by atoms with Gasteiger partial charge in [-0.1, -0.05) is 26.2 Å². The van der Waals surface area contributed by atoms with Gasteiger partial charge in [0.05, 0.1) is 0 Å². The molecule has 1 unspecified atom stereocenters. The van der Waals surface area contributed by atoms with E-state index in [-0.39, 0.29) is 17.4 Å². The number of nitrogens with zero attached hydrogens (tertiary/aromatic N) is 3. The van der Waals surface area contributed by atoms with Crippen molar-refractivity contribution in [3.63, 3.8) is 0 Å². The zero-order valence-corrected chi connectivity index (χ0v) is 14.2. The summed E-state index contributed by atoms with van der Waals surface area (Å²) in [6.45, 7) is 3.11. The van der Waals surface area contributed by atoms with Gasteiger partial charge in [0.2, 0.25) is 5.91 Å². The summed E-state index contributed by atoms with van der Waals surface area (Å²) in [4.78, 5) is 12.8. The van der Waals surface area contributed by atoms with E-state index < -0.39 is 0 Å². The van der Waals surface area contributed by atoms with E-state index >= 15 is 0 Å².